The number of carbonyl (C=O) groups is 2. The van der Waals surface area contributed by atoms with Gasteiger partial charge in [0.15, 0.2) is 10.8 Å². The molecule has 0 radical (unpaired) electrons. The third-order valence-corrected chi connectivity index (χ3v) is 6.42. The highest BCUT2D eigenvalue weighted by atomic mass is 35.5. The predicted octanol–water partition coefficient (Wildman–Crippen LogP) is 1.59. The molecular formula is C21H22ClFN4O9S2. The standard InChI is InChI=1S/C21H20ClFN4O5S.H2O4S/c1-31-21(30)16-14(9-27-5-6-32-10-15(27)20(28)29)25-18(19-24-4-7-33-19)26-17(16)12-3-2-11(23)8-13(12)22;1-5(2,3)4/h2-4,7-8,15,17H,5-6,9-10H2,1H3,(H,25,26)(H,28,29);(H2,1,2,3,4). The molecule has 3 heterocycles. The van der Waals surface area contributed by atoms with Crippen LogP contribution in [0.2, 0.25) is 5.02 Å². The SMILES string of the molecule is COC(=O)C1=C(CN2CCOCC2C(=O)O)NC(c2nccs2)=NC1c1ccc(F)cc1Cl.O=S(=O)(O)O. The Hall–Kier alpha value is -2.99. The molecule has 13 nitrogen and oxygen atoms in total. The van der Waals surface area contributed by atoms with Crippen molar-refractivity contribution < 1.29 is 46.1 Å². The quantitative estimate of drug-likeness (QED) is 0.280. The minimum atomic E-state index is -4.67. The average molecular weight is 593 g/mol. The number of carboxylic acids is 1. The van der Waals surface area contributed by atoms with Crippen molar-refractivity contribution in [3.8, 4) is 0 Å². The van der Waals surface area contributed by atoms with Crippen LogP contribution in [0.4, 0.5) is 4.39 Å². The fourth-order valence-electron chi connectivity index (χ4n) is 3.73. The van der Waals surface area contributed by atoms with Crippen LogP contribution in [0.3, 0.4) is 0 Å². The number of aliphatic imine (C=N–C) groups is 1. The summed E-state index contributed by atoms with van der Waals surface area (Å²) >= 11 is 7.67. The van der Waals surface area contributed by atoms with Crippen molar-refractivity contribution in [2.75, 3.05) is 33.4 Å². The number of hydrogen-bond donors (Lipinski definition) is 4. The zero-order valence-corrected chi connectivity index (χ0v) is 22.0. The van der Waals surface area contributed by atoms with Crippen LogP contribution < -0.4 is 5.32 Å². The van der Waals surface area contributed by atoms with E-state index in [9.17, 15) is 19.1 Å². The summed E-state index contributed by atoms with van der Waals surface area (Å²) in [6.07, 6.45) is 1.62. The number of benzene rings is 1. The first-order chi connectivity index (χ1) is 17.9. The van der Waals surface area contributed by atoms with Gasteiger partial charge >= 0.3 is 22.3 Å². The maximum absolute atomic E-state index is 13.7. The van der Waals surface area contributed by atoms with Crippen LogP contribution in [0.1, 0.15) is 16.6 Å². The van der Waals surface area contributed by atoms with E-state index < -0.39 is 40.2 Å². The first-order valence-corrected chi connectivity index (χ1v) is 13.3. The van der Waals surface area contributed by atoms with Crippen molar-refractivity contribution in [2.24, 2.45) is 4.99 Å². The zero-order valence-electron chi connectivity index (χ0n) is 19.6. The Bertz CT molecular complexity index is 1340. The topological polar surface area (TPSA) is 188 Å². The van der Waals surface area contributed by atoms with Gasteiger partial charge in [0, 0.05) is 40.9 Å². The number of hydrogen-bond acceptors (Lipinski definition) is 11. The minimum Gasteiger partial charge on any atom is -0.480 e. The third-order valence-electron chi connectivity index (χ3n) is 5.31. The molecule has 0 bridgehead atoms. The monoisotopic (exact) mass is 592 g/mol. The van der Waals surface area contributed by atoms with E-state index in [4.69, 9.17) is 38.6 Å². The molecule has 0 aliphatic carbocycles. The molecule has 4 rings (SSSR count). The summed E-state index contributed by atoms with van der Waals surface area (Å²) in [6.45, 7) is 0.814. The Morgan fingerprint density at radius 1 is 1.37 bits per heavy atom. The predicted molar refractivity (Wildman–Crippen MR) is 133 cm³/mol. The van der Waals surface area contributed by atoms with Crippen LogP contribution in [-0.2, 0) is 29.5 Å². The van der Waals surface area contributed by atoms with Crippen molar-refractivity contribution in [3.05, 3.63) is 62.5 Å². The van der Waals surface area contributed by atoms with Gasteiger partial charge in [-0.2, -0.15) is 8.42 Å². The van der Waals surface area contributed by atoms with Gasteiger partial charge in [0.25, 0.3) is 0 Å². The van der Waals surface area contributed by atoms with Crippen molar-refractivity contribution >= 4 is 51.1 Å². The highest BCUT2D eigenvalue weighted by Gasteiger charge is 2.37. The second kappa shape index (κ2) is 12.7. The first kappa shape index (κ1) is 29.6. The number of carboxylic acid groups (broad SMARTS) is 1. The van der Waals surface area contributed by atoms with Gasteiger partial charge in [0.1, 0.15) is 17.9 Å². The number of rotatable bonds is 6. The van der Waals surface area contributed by atoms with E-state index in [2.05, 4.69) is 15.3 Å². The Labute approximate surface area is 225 Å². The number of methoxy groups -OCH3 is 1. The van der Waals surface area contributed by atoms with E-state index in [1.165, 1.54) is 30.6 Å². The normalized spacial score (nSPS) is 20.1. The number of halogens is 2. The molecule has 0 saturated carbocycles. The second-order valence-corrected chi connectivity index (χ2v) is 9.94. The van der Waals surface area contributed by atoms with Crippen molar-refractivity contribution in [1.82, 2.24) is 15.2 Å². The van der Waals surface area contributed by atoms with E-state index in [1.807, 2.05) is 0 Å². The largest absolute Gasteiger partial charge is 0.480 e. The van der Waals surface area contributed by atoms with E-state index >= 15 is 0 Å². The molecule has 0 amide bonds. The number of amidine groups is 1. The van der Waals surface area contributed by atoms with Gasteiger partial charge < -0.3 is 19.9 Å². The number of thiazole rings is 1. The fourth-order valence-corrected chi connectivity index (χ4v) is 4.58. The molecule has 38 heavy (non-hydrogen) atoms. The molecule has 2 aromatic rings. The van der Waals surface area contributed by atoms with E-state index in [1.54, 1.807) is 16.5 Å². The molecule has 1 aromatic carbocycles. The Morgan fingerprint density at radius 2 is 2.08 bits per heavy atom. The molecule has 1 saturated heterocycles. The number of aromatic nitrogens is 1. The Morgan fingerprint density at radius 3 is 2.66 bits per heavy atom. The summed E-state index contributed by atoms with van der Waals surface area (Å²) in [4.78, 5) is 35.3. The van der Waals surface area contributed by atoms with Gasteiger partial charge in [-0.25, -0.2) is 14.2 Å². The highest BCUT2D eigenvalue weighted by molar-refractivity contribution is 7.79. The third kappa shape index (κ3) is 7.76. The molecule has 4 N–H and O–H groups in total. The summed E-state index contributed by atoms with van der Waals surface area (Å²) in [5, 5.41) is 15.2. The summed E-state index contributed by atoms with van der Waals surface area (Å²) in [6, 6.07) is 2.05. The summed E-state index contributed by atoms with van der Waals surface area (Å²) in [7, 11) is -3.43. The molecule has 0 spiro atoms. The van der Waals surface area contributed by atoms with Gasteiger partial charge in [0.2, 0.25) is 0 Å². The number of ether oxygens (including phenoxy) is 2. The molecule has 1 fully saturated rings. The van der Waals surface area contributed by atoms with Gasteiger partial charge in [-0.3, -0.25) is 23.8 Å². The van der Waals surface area contributed by atoms with E-state index in [0.717, 1.165) is 6.07 Å². The van der Waals surface area contributed by atoms with Crippen LogP contribution in [0.25, 0.3) is 0 Å². The minimum absolute atomic E-state index is 0.0246. The fraction of sp³-hybridized carbons (Fsp3) is 0.333. The van der Waals surface area contributed by atoms with Crippen LogP contribution >= 0.6 is 22.9 Å². The average Bonchev–Trinajstić information content (AvgIpc) is 3.37. The molecule has 17 heteroatoms. The molecule has 1 aromatic heterocycles. The Kier molecular flexibility index (Phi) is 9.88. The molecule has 2 atom stereocenters. The number of nitrogens with zero attached hydrogens (tertiary/aromatic N) is 3. The Balaban J connectivity index is 0.000000732. The lowest BCUT2D eigenvalue weighted by molar-refractivity contribution is -0.149. The van der Waals surface area contributed by atoms with Crippen LogP contribution in [0, 0.1) is 5.82 Å². The number of morpholine rings is 1. The summed E-state index contributed by atoms with van der Waals surface area (Å²) in [5.74, 6) is -1.83. The summed E-state index contributed by atoms with van der Waals surface area (Å²) < 4.78 is 55.7. The van der Waals surface area contributed by atoms with Crippen molar-refractivity contribution in [2.45, 2.75) is 12.1 Å². The molecule has 2 aliphatic rings. The summed E-state index contributed by atoms with van der Waals surface area (Å²) in [5.41, 5.74) is 0.964. The lowest BCUT2D eigenvalue weighted by Crippen LogP contribution is -2.52. The van der Waals surface area contributed by atoms with Crippen molar-refractivity contribution in [1.29, 1.82) is 0 Å². The second-order valence-electron chi connectivity index (χ2n) is 7.74. The number of esters is 1. The zero-order chi connectivity index (χ0) is 28.0. The van der Waals surface area contributed by atoms with E-state index in [0.29, 0.717) is 35.3 Å². The maximum atomic E-state index is 13.7. The van der Waals surface area contributed by atoms with E-state index in [-0.39, 0.29) is 23.7 Å². The molecular weight excluding hydrogens is 571 g/mol. The van der Waals surface area contributed by atoms with Crippen LogP contribution in [0.5, 0.6) is 0 Å². The maximum Gasteiger partial charge on any atom is 0.394 e. The van der Waals surface area contributed by atoms with Crippen LogP contribution in [0.15, 0.2) is 46.0 Å². The molecule has 206 valence electrons. The van der Waals surface area contributed by atoms with Gasteiger partial charge in [0.05, 0.1) is 25.9 Å². The van der Waals surface area contributed by atoms with Crippen molar-refractivity contribution in [3.63, 3.8) is 0 Å². The van der Waals surface area contributed by atoms with Gasteiger partial charge in [-0.05, 0) is 12.1 Å². The molecule has 2 aliphatic heterocycles. The lowest BCUT2D eigenvalue weighted by Gasteiger charge is -2.35. The smallest absolute Gasteiger partial charge is 0.394 e. The number of carbonyl (C=O) groups excluding carboxylic acids is 1. The number of nitrogens with one attached hydrogen (secondary N) is 1. The highest BCUT2D eigenvalue weighted by Crippen LogP contribution is 2.37. The number of aliphatic carboxylic acids is 1. The van der Waals surface area contributed by atoms with Gasteiger partial charge in [-0.1, -0.05) is 17.7 Å². The lowest BCUT2D eigenvalue weighted by atomic mass is 9.95. The van der Waals surface area contributed by atoms with Gasteiger partial charge in [-0.15, -0.1) is 11.3 Å². The molecule has 2 unspecified atom stereocenters. The van der Waals surface area contributed by atoms with Crippen LogP contribution in [-0.4, -0.2) is 89.7 Å². The first-order valence-electron chi connectivity index (χ1n) is 10.6.